The molecule has 0 bridgehead atoms. The number of pyridine rings is 1. The molecule has 2 aliphatic rings. The molecule has 0 unspecified atom stereocenters. The number of benzene rings is 1. The number of likely N-dealkylation sites (tertiary alicyclic amines) is 1. The number of nitrogen functional groups attached to an aromatic ring is 1. The number of nitrogens with one attached hydrogen (secondary N) is 1. The first-order chi connectivity index (χ1) is 18.7. The molecule has 0 saturated carbocycles. The molecular weight excluding hydrogens is 511 g/mol. The highest BCUT2D eigenvalue weighted by molar-refractivity contribution is 6.11. The maximum atomic E-state index is 15.4. The monoisotopic (exact) mass is 532 g/mol. The van der Waals surface area contributed by atoms with E-state index in [1.54, 1.807) is 17.0 Å². The van der Waals surface area contributed by atoms with Crippen LogP contribution in [0.4, 0.5) is 15.9 Å². The molecule has 0 radical (unpaired) electrons. The zero-order chi connectivity index (χ0) is 27.5. The maximum absolute atomic E-state index is 15.4. The summed E-state index contributed by atoms with van der Waals surface area (Å²) >= 11 is 0. The molecule has 0 atom stereocenters. The molecule has 1 saturated heterocycles. The molecule has 1 spiro atoms. The molecule has 198 valence electrons. The number of halogens is 1. The summed E-state index contributed by atoms with van der Waals surface area (Å²) in [6.45, 7) is -0.424. The number of aliphatic carboxylic acids is 1. The zero-order valence-electron chi connectivity index (χ0n) is 20.3. The largest absolute Gasteiger partial charge is 0.480 e. The number of H-pyrrole nitrogens is 1. The lowest BCUT2D eigenvalue weighted by Crippen LogP contribution is -2.51. The van der Waals surface area contributed by atoms with Crippen molar-refractivity contribution < 1.29 is 23.9 Å². The minimum Gasteiger partial charge on any atom is -0.480 e. The fourth-order valence-electron chi connectivity index (χ4n) is 5.51. The van der Waals surface area contributed by atoms with Crippen molar-refractivity contribution in [2.24, 2.45) is 0 Å². The molecule has 6 rings (SSSR count). The van der Waals surface area contributed by atoms with Crippen molar-refractivity contribution in [3.05, 3.63) is 70.3 Å². The number of aromatic nitrogens is 5. The second-order valence-electron chi connectivity index (χ2n) is 9.45. The molecule has 14 heteroatoms. The molecule has 1 fully saturated rings. The summed E-state index contributed by atoms with van der Waals surface area (Å²) in [6.07, 6.45) is 2.91. The number of fused-ring (bicyclic) bond motifs is 3. The minimum absolute atomic E-state index is 0.0587. The molecule has 13 nitrogen and oxygen atoms in total. The number of carbonyl (C=O) groups is 3. The van der Waals surface area contributed by atoms with Gasteiger partial charge in [-0.15, -0.1) is 0 Å². The molecule has 0 aliphatic carbocycles. The number of hydrogen-bond acceptors (Lipinski definition) is 8. The van der Waals surface area contributed by atoms with Crippen LogP contribution < -0.4 is 16.3 Å². The normalized spacial score (nSPS) is 16.2. The number of nitrogens with zero attached hydrogens (tertiary/aromatic N) is 6. The Hall–Kier alpha value is -5.14. The van der Waals surface area contributed by atoms with Crippen LogP contribution in [0.2, 0.25) is 0 Å². The predicted molar refractivity (Wildman–Crippen MR) is 135 cm³/mol. The molecular formula is C25H21FN8O5. The van der Waals surface area contributed by atoms with Crippen LogP contribution in [0, 0.1) is 5.82 Å². The van der Waals surface area contributed by atoms with Crippen LogP contribution in [0.1, 0.15) is 28.9 Å². The van der Waals surface area contributed by atoms with E-state index in [9.17, 15) is 24.3 Å². The Labute approximate surface area is 218 Å². The summed E-state index contributed by atoms with van der Waals surface area (Å²) in [4.78, 5) is 62.2. The van der Waals surface area contributed by atoms with Crippen molar-refractivity contribution in [2.45, 2.75) is 18.3 Å². The van der Waals surface area contributed by atoms with Gasteiger partial charge in [-0.1, -0.05) is 0 Å². The van der Waals surface area contributed by atoms with Gasteiger partial charge < -0.3 is 20.6 Å². The molecule has 2 amide bonds. The van der Waals surface area contributed by atoms with Gasteiger partial charge in [-0.2, -0.15) is 10.1 Å². The van der Waals surface area contributed by atoms with E-state index in [-0.39, 0.29) is 60.3 Å². The van der Waals surface area contributed by atoms with E-state index in [4.69, 9.17) is 5.73 Å². The highest BCUT2D eigenvalue weighted by Crippen LogP contribution is 2.51. The van der Waals surface area contributed by atoms with Gasteiger partial charge in [-0.25, -0.2) is 14.2 Å². The van der Waals surface area contributed by atoms with Crippen LogP contribution in [0.15, 0.2) is 47.5 Å². The molecule has 4 N–H and O–H groups in total. The number of carboxylic acids is 1. The Morgan fingerprint density at radius 3 is 2.59 bits per heavy atom. The van der Waals surface area contributed by atoms with Gasteiger partial charge in [0, 0.05) is 24.8 Å². The van der Waals surface area contributed by atoms with Crippen molar-refractivity contribution in [1.82, 2.24) is 29.6 Å². The zero-order valence-corrected chi connectivity index (χ0v) is 20.3. The highest BCUT2D eigenvalue weighted by Gasteiger charge is 2.55. The summed E-state index contributed by atoms with van der Waals surface area (Å²) < 4.78 is 16.4. The quantitative estimate of drug-likeness (QED) is 0.343. The first-order valence-electron chi connectivity index (χ1n) is 12.0. The van der Waals surface area contributed by atoms with Crippen LogP contribution in [0.5, 0.6) is 0 Å². The predicted octanol–water partition coefficient (Wildman–Crippen LogP) is 0.830. The standard InChI is InChI=1S/C25H21FN8O5/c26-13-1-4-17-20(21(13)33-8-5-18(27)30-24(33)39)25(23(38)34(17)12-19(35)36)6-9-32(10-7-25)22(37)15-3-2-14-16(29-15)11-28-31-14/h1-5,8,11H,6-7,9-10,12H2,(H,28,31)(H,35,36)(H2,27,30,39). The maximum Gasteiger partial charge on any atom is 0.354 e. The van der Waals surface area contributed by atoms with Gasteiger partial charge in [0.2, 0.25) is 5.91 Å². The molecule has 1 aromatic carbocycles. The first-order valence-corrected chi connectivity index (χ1v) is 12.0. The number of hydrogen-bond donors (Lipinski definition) is 3. The van der Waals surface area contributed by atoms with Crippen molar-refractivity contribution in [3.63, 3.8) is 0 Å². The van der Waals surface area contributed by atoms with Gasteiger partial charge in [0.1, 0.15) is 29.4 Å². The number of piperidine rings is 1. The van der Waals surface area contributed by atoms with Crippen LogP contribution >= 0.6 is 0 Å². The number of amides is 2. The average molecular weight is 532 g/mol. The van der Waals surface area contributed by atoms with E-state index in [1.165, 1.54) is 24.5 Å². The van der Waals surface area contributed by atoms with Crippen LogP contribution in [-0.4, -0.2) is 72.2 Å². The van der Waals surface area contributed by atoms with Gasteiger partial charge >= 0.3 is 11.7 Å². The van der Waals surface area contributed by atoms with Gasteiger partial charge in [-0.3, -0.25) is 24.0 Å². The van der Waals surface area contributed by atoms with E-state index in [0.717, 1.165) is 15.5 Å². The van der Waals surface area contributed by atoms with E-state index < -0.39 is 35.3 Å². The van der Waals surface area contributed by atoms with Crippen LogP contribution in [0.3, 0.4) is 0 Å². The van der Waals surface area contributed by atoms with Crippen LogP contribution in [-0.2, 0) is 15.0 Å². The van der Waals surface area contributed by atoms with Crippen LogP contribution in [0.25, 0.3) is 16.7 Å². The second kappa shape index (κ2) is 8.72. The van der Waals surface area contributed by atoms with E-state index >= 15 is 4.39 Å². The molecule has 3 aromatic heterocycles. The fraction of sp³-hybridized carbons (Fsp3) is 0.240. The number of carbonyl (C=O) groups excluding carboxylic acids is 2. The van der Waals surface area contributed by atoms with Gasteiger partial charge in [0.15, 0.2) is 0 Å². The Balaban J connectivity index is 1.42. The summed E-state index contributed by atoms with van der Waals surface area (Å²) in [7, 11) is 0. The van der Waals surface area contributed by atoms with Crippen molar-refractivity contribution in [1.29, 1.82) is 0 Å². The SMILES string of the molecule is Nc1ccn(-c2c(F)ccc3c2C2(CCN(C(=O)c4ccc5[nH]ncc5n4)CC2)C(=O)N3CC(=O)O)c(=O)n1. The number of carboxylic acid groups (broad SMARTS) is 1. The van der Waals surface area contributed by atoms with Crippen molar-refractivity contribution in [3.8, 4) is 5.69 Å². The fourth-order valence-corrected chi connectivity index (χ4v) is 5.51. The first kappa shape index (κ1) is 24.2. The van der Waals surface area contributed by atoms with Gasteiger partial charge in [0.25, 0.3) is 5.91 Å². The van der Waals surface area contributed by atoms with Gasteiger partial charge in [-0.05, 0) is 43.2 Å². The number of rotatable bonds is 4. The van der Waals surface area contributed by atoms with Crippen molar-refractivity contribution in [2.75, 3.05) is 30.3 Å². The van der Waals surface area contributed by atoms with E-state index in [1.807, 2.05) is 0 Å². The second-order valence-corrected chi connectivity index (χ2v) is 9.45. The molecule has 5 heterocycles. The summed E-state index contributed by atoms with van der Waals surface area (Å²) in [6, 6.07) is 7.01. The minimum atomic E-state index is -1.37. The van der Waals surface area contributed by atoms with E-state index in [2.05, 4.69) is 20.2 Å². The third kappa shape index (κ3) is 3.71. The highest BCUT2D eigenvalue weighted by atomic mass is 19.1. The lowest BCUT2D eigenvalue weighted by Gasteiger charge is -2.39. The lowest BCUT2D eigenvalue weighted by atomic mass is 9.72. The third-order valence-corrected chi connectivity index (χ3v) is 7.31. The number of anilines is 2. The molecule has 4 aromatic rings. The molecule has 39 heavy (non-hydrogen) atoms. The Morgan fingerprint density at radius 1 is 1.10 bits per heavy atom. The number of aromatic amines is 1. The lowest BCUT2D eigenvalue weighted by molar-refractivity contribution is -0.137. The summed E-state index contributed by atoms with van der Waals surface area (Å²) in [5.41, 5.74) is 4.98. The Bertz CT molecular complexity index is 1740. The van der Waals surface area contributed by atoms with E-state index in [0.29, 0.717) is 11.0 Å². The van der Waals surface area contributed by atoms with Crippen molar-refractivity contribution >= 4 is 40.3 Å². The summed E-state index contributed by atoms with van der Waals surface area (Å²) in [5, 5.41) is 16.2. The summed E-state index contributed by atoms with van der Waals surface area (Å²) in [5.74, 6) is -2.98. The average Bonchev–Trinajstić information content (AvgIpc) is 3.46. The topological polar surface area (TPSA) is 180 Å². The Morgan fingerprint density at radius 2 is 1.87 bits per heavy atom. The number of nitrogens with two attached hydrogens (primary N) is 1. The third-order valence-electron chi connectivity index (χ3n) is 7.31. The van der Waals surface area contributed by atoms with Gasteiger partial charge in [0.05, 0.1) is 28.5 Å². The molecule has 2 aliphatic heterocycles. The smallest absolute Gasteiger partial charge is 0.354 e. The Kier molecular flexibility index (Phi) is 5.41.